The molecular formula is C23H25ClN2O3S. The van der Waals surface area contributed by atoms with E-state index in [9.17, 15) is 4.79 Å². The van der Waals surface area contributed by atoms with Crippen molar-refractivity contribution >= 4 is 44.2 Å². The topological polar surface area (TPSA) is 51.7 Å². The van der Waals surface area contributed by atoms with Gasteiger partial charge >= 0.3 is 0 Å². The number of benzene rings is 2. The number of anilines is 1. The molecule has 1 aliphatic rings. The van der Waals surface area contributed by atoms with Gasteiger partial charge in [0.25, 0.3) is 0 Å². The van der Waals surface area contributed by atoms with Crippen molar-refractivity contribution in [3.8, 4) is 5.75 Å². The monoisotopic (exact) mass is 444 g/mol. The fourth-order valence-electron chi connectivity index (χ4n) is 3.68. The molecule has 1 unspecified atom stereocenters. The van der Waals surface area contributed by atoms with Crippen LogP contribution >= 0.6 is 22.9 Å². The standard InChI is InChI=1S/C23H25ClN2O3S/c1-14-6-7-16(11-15(14)2)12-20(27)26(13-17-5-4-10-29-17)23-25-21-19(28-3)9-8-18(24)22(21)30-23/h6-9,11,17H,4-5,10,12-13H2,1-3H3. The molecular weight excluding hydrogens is 420 g/mol. The van der Waals surface area contributed by atoms with E-state index >= 15 is 0 Å². The van der Waals surface area contributed by atoms with Crippen LogP contribution in [0.25, 0.3) is 10.2 Å². The molecule has 3 aromatic rings. The zero-order valence-corrected chi connectivity index (χ0v) is 19.0. The molecule has 2 heterocycles. The normalized spacial score (nSPS) is 16.2. The lowest BCUT2D eigenvalue weighted by molar-refractivity contribution is -0.118. The summed E-state index contributed by atoms with van der Waals surface area (Å²) in [4.78, 5) is 19.9. The Labute approximate surface area is 185 Å². The van der Waals surface area contributed by atoms with Crippen LogP contribution in [0.3, 0.4) is 0 Å². The molecule has 1 saturated heterocycles. The summed E-state index contributed by atoms with van der Waals surface area (Å²) >= 11 is 7.82. The predicted octanol–water partition coefficient (Wildman–Crippen LogP) is 5.33. The zero-order valence-electron chi connectivity index (χ0n) is 17.4. The van der Waals surface area contributed by atoms with E-state index in [2.05, 4.69) is 26.0 Å². The number of hydrogen-bond acceptors (Lipinski definition) is 5. The summed E-state index contributed by atoms with van der Waals surface area (Å²) < 4.78 is 12.1. The van der Waals surface area contributed by atoms with Crippen LogP contribution in [0.4, 0.5) is 5.13 Å². The van der Waals surface area contributed by atoms with Crippen molar-refractivity contribution in [2.75, 3.05) is 25.2 Å². The Balaban J connectivity index is 1.68. The van der Waals surface area contributed by atoms with Crippen LogP contribution in [0.2, 0.25) is 5.02 Å². The summed E-state index contributed by atoms with van der Waals surface area (Å²) in [5, 5.41) is 1.23. The lowest BCUT2D eigenvalue weighted by Crippen LogP contribution is -2.38. The molecule has 30 heavy (non-hydrogen) atoms. The molecule has 7 heteroatoms. The maximum atomic E-state index is 13.4. The number of hydrogen-bond donors (Lipinski definition) is 0. The van der Waals surface area contributed by atoms with Crippen LogP contribution < -0.4 is 9.64 Å². The van der Waals surface area contributed by atoms with Crippen LogP contribution in [-0.4, -0.2) is 37.3 Å². The molecule has 4 rings (SSSR count). The minimum Gasteiger partial charge on any atom is -0.494 e. The van der Waals surface area contributed by atoms with Gasteiger partial charge in [0.2, 0.25) is 5.91 Å². The number of carbonyl (C=O) groups excluding carboxylic acids is 1. The molecule has 5 nitrogen and oxygen atoms in total. The summed E-state index contributed by atoms with van der Waals surface area (Å²) in [6.45, 7) is 5.37. The van der Waals surface area contributed by atoms with Crippen LogP contribution in [0.1, 0.15) is 29.5 Å². The first-order chi connectivity index (χ1) is 14.5. The highest BCUT2D eigenvalue weighted by Gasteiger charge is 2.27. The third-order valence-corrected chi connectivity index (χ3v) is 7.07. The first-order valence-electron chi connectivity index (χ1n) is 10.1. The number of carbonyl (C=O) groups is 1. The number of rotatable bonds is 6. The first kappa shape index (κ1) is 21.1. The lowest BCUT2D eigenvalue weighted by atomic mass is 10.0. The van der Waals surface area contributed by atoms with Crippen molar-refractivity contribution in [3.05, 3.63) is 52.0 Å². The number of amides is 1. The second-order valence-electron chi connectivity index (χ2n) is 7.66. The highest BCUT2D eigenvalue weighted by atomic mass is 35.5. The predicted molar refractivity (Wildman–Crippen MR) is 122 cm³/mol. The SMILES string of the molecule is COc1ccc(Cl)c2sc(N(CC3CCCO3)C(=O)Cc3ccc(C)c(C)c3)nc12. The molecule has 1 amide bonds. The number of fused-ring (bicyclic) bond motifs is 1. The third kappa shape index (κ3) is 4.31. The number of aromatic nitrogens is 1. The van der Waals surface area contributed by atoms with Crippen LogP contribution in [0.15, 0.2) is 30.3 Å². The number of ether oxygens (including phenoxy) is 2. The summed E-state index contributed by atoms with van der Waals surface area (Å²) in [5.74, 6) is 0.651. The number of halogens is 1. The summed E-state index contributed by atoms with van der Waals surface area (Å²) in [7, 11) is 1.61. The van der Waals surface area contributed by atoms with Gasteiger partial charge in [-0.3, -0.25) is 9.69 Å². The smallest absolute Gasteiger partial charge is 0.233 e. The molecule has 0 N–H and O–H groups in total. The second-order valence-corrected chi connectivity index (χ2v) is 9.04. The molecule has 1 aromatic heterocycles. The highest BCUT2D eigenvalue weighted by Crippen LogP contribution is 2.39. The van der Waals surface area contributed by atoms with Gasteiger partial charge in [0.05, 0.1) is 35.9 Å². The Morgan fingerprint density at radius 3 is 2.83 bits per heavy atom. The van der Waals surface area contributed by atoms with Gasteiger partial charge in [-0.1, -0.05) is 41.1 Å². The van der Waals surface area contributed by atoms with E-state index in [1.807, 2.05) is 6.07 Å². The molecule has 0 spiro atoms. The lowest BCUT2D eigenvalue weighted by Gasteiger charge is -2.23. The van der Waals surface area contributed by atoms with Gasteiger partial charge in [-0.2, -0.15) is 0 Å². The maximum Gasteiger partial charge on any atom is 0.233 e. The summed E-state index contributed by atoms with van der Waals surface area (Å²) in [5.41, 5.74) is 4.08. The first-order valence-corrected chi connectivity index (χ1v) is 11.3. The zero-order chi connectivity index (χ0) is 21.3. The average Bonchev–Trinajstić information content (AvgIpc) is 3.39. The number of methoxy groups -OCH3 is 1. The molecule has 0 saturated carbocycles. The van der Waals surface area contributed by atoms with Gasteiger partial charge in [0.1, 0.15) is 11.3 Å². The van der Waals surface area contributed by atoms with Crippen LogP contribution in [0, 0.1) is 13.8 Å². The Morgan fingerprint density at radius 1 is 1.30 bits per heavy atom. The largest absolute Gasteiger partial charge is 0.494 e. The van der Waals surface area contributed by atoms with Crippen molar-refractivity contribution in [1.82, 2.24) is 4.98 Å². The molecule has 0 aliphatic carbocycles. The number of nitrogens with zero attached hydrogens (tertiary/aromatic N) is 2. The summed E-state index contributed by atoms with van der Waals surface area (Å²) in [6.07, 6.45) is 2.30. The minimum atomic E-state index is 0.00268. The fourth-order valence-corrected chi connectivity index (χ4v) is 4.97. The van der Waals surface area contributed by atoms with Crippen molar-refractivity contribution in [2.24, 2.45) is 0 Å². The van der Waals surface area contributed by atoms with Gasteiger partial charge in [0, 0.05) is 6.61 Å². The Kier molecular flexibility index (Phi) is 6.27. The fraction of sp³-hybridized carbons (Fsp3) is 0.391. The Morgan fingerprint density at radius 2 is 2.13 bits per heavy atom. The molecule has 158 valence electrons. The second kappa shape index (κ2) is 8.92. The van der Waals surface area contributed by atoms with E-state index in [0.717, 1.165) is 29.7 Å². The van der Waals surface area contributed by atoms with Crippen molar-refractivity contribution in [2.45, 2.75) is 39.2 Å². The third-order valence-electron chi connectivity index (χ3n) is 5.54. The summed E-state index contributed by atoms with van der Waals surface area (Å²) in [6, 6.07) is 9.75. The molecule has 1 atom stereocenters. The van der Waals surface area contributed by atoms with Crippen molar-refractivity contribution in [3.63, 3.8) is 0 Å². The van der Waals surface area contributed by atoms with Crippen LogP contribution in [0.5, 0.6) is 5.75 Å². The Bertz CT molecular complexity index is 1080. The van der Waals surface area contributed by atoms with Crippen molar-refractivity contribution < 1.29 is 14.3 Å². The van der Waals surface area contributed by atoms with Crippen molar-refractivity contribution in [1.29, 1.82) is 0 Å². The molecule has 1 aliphatic heterocycles. The van der Waals surface area contributed by atoms with E-state index in [1.165, 1.54) is 22.5 Å². The number of thiazole rings is 1. The van der Waals surface area contributed by atoms with E-state index in [-0.39, 0.29) is 12.0 Å². The van der Waals surface area contributed by atoms with Gasteiger partial charge in [-0.05, 0) is 55.5 Å². The maximum absolute atomic E-state index is 13.4. The van der Waals surface area contributed by atoms with E-state index < -0.39 is 0 Å². The van der Waals surface area contributed by atoms with Gasteiger partial charge < -0.3 is 9.47 Å². The van der Waals surface area contributed by atoms with Gasteiger partial charge in [0.15, 0.2) is 5.13 Å². The number of aryl methyl sites for hydroxylation is 2. The van der Waals surface area contributed by atoms with Gasteiger partial charge in [-0.25, -0.2) is 4.98 Å². The molecule has 2 aromatic carbocycles. The quantitative estimate of drug-likeness (QED) is 0.515. The molecule has 1 fully saturated rings. The average molecular weight is 445 g/mol. The van der Waals surface area contributed by atoms with E-state index in [0.29, 0.717) is 34.4 Å². The van der Waals surface area contributed by atoms with E-state index in [4.69, 9.17) is 26.1 Å². The van der Waals surface area contributed by atoms with E-state index in [1.54, 1.807) is 24.1 Å². The Hall–Kier alpha value is -2.15. The highest BCUT2D eigenvalue weighted by molar-refractivity contribution is 7.23. The minimum absolute atomic E-state index is 0.00268. The molecule has 0 bridgehead atoms. The van der Waals surface area contributed by atoms with Crippen LogP contribution in [-0.2, 0) is 16.0 Å². The van der Waals surface area contributed by atoms with Gasteiger partial charge in [-0.15, -0.1) is 0 Å². The molecule has 0 radical (unpaired) electrons.